The molecule has 64 valence electrons. The second-order valence-electron chi connectivity index (χ2n) is 2.79. The number of nitrogens with zero attached hydrogens (tertiary/aromatic N) is 1. The Balaban J connectivity index is 2.09. The van der Waals surface area contributed by atoms with Gasteiger partial charge in [-0.2, -0.15) is 0 Å². The first kappa shape index (κ1) is 8.75. The fraction of sp³-hybridized carbons (Fsp3) is 0.778. The molecule has 0 aromatic carbocycles. The van der Waals surface area contributed by atoms with Gasteiger partial charge in [-0.25, -0.2) is 0 Å². The Kier molecular flexibility index (Phi) is 4.24. The van der Waals surface area contributed by atoms with Gasteiger partial charge in [0.2, 0.25) is 0 Å². The van der Waals surface area contributed by atoms with E-state index in [0.29, 0.717) is 0 Å². The van der Waals surface area contributed by atoms with Crippen molar-refractivity contribution in [2.75, 3.05) is 32.8 Å². The first-order chi connectivity index (χ1) is 5.43. The monoisotopic (exact) mass is 155 g/mol. The summed E-state index contributed by atoms with van der Waals surface area (Å²) >= 11 is 0. The fourth-order valence-electron chi connectivity index (χ4n) is 1.17. The van der Waals surface area contributed by atoms with E-state index >= 15 is 0 Å². The smallest absolute Gasteiger partial charge is 0.0594 e. The van der Waals surface area contributed by atoms with E-state index in [9.17, 15) is 0 Å². The Morgan fingerprint density at radius 3 is 2.64 bits per heavy atom. The van der Waals surface area contributed by atoms with Crippen LogP contribution in [-0.4, -0.2) is 37.7 Å². The molecule has 1 heterocycles. The van der Waals surface area contributed by atoms with Crippen molar-refractivity contribution in [1.82, 2.24) is 4.90 Å². The van der Waals surface area contributed by atoms with Gasteiger partial charge < -0.3 is 4.74 Å². The summed E-state index contributed by atoms with van der Waals surface area (Å²) in [5, 5.41) is 0. The predicted octanol–water partition coefficient (Wildman–Crippen LogP) is 1.28. The topological polar surface area (TPSA) is 12.5 Å². The summed E-state index contributed by atoms with van der Waals surface area (Å²) in [6, 6.07) is 0. The van der Waals surface area contributed by atoms with E-state index in [0.717, 1.165) is 39.3 Å². The highest BCUT2D eigenvalue weighted by molar-refractivity contribution is 4.84. The van der Waals surface area contributed by atoms with Crippen LogP contribution in [0.4, 0.5) is 0 Å². The zero-order valence-electron chi connectivity index (χ0n) is 7.25. The number of hydrogen-bond acceptors (Lipinski definition) is 2. The molecule has 1 saturated heterocycles. The minimum atomic E-state index is 0.903. The van der Waals surface area contributed by atoms with Crippen molar-refractivity contribution >= 4 is 0 Å². The summed E-state index contributed by atoms with van der Waals surface area (Å²) < 4.78 is 5.24. The van der Waals surface area contributed by atoms with E-state index in [2.05, 4.69) is 24.0 Å². The largest absolute Gasteiger partial charge is 0.379 e. The molecule has 2 nitrogen and oxygen atoms in total. The molecule has 0 bridgehead atoms. The summed E-state index contributed by atoms with van der Waals surface area (Å²) in [5.41, 5.74) is 0. The summed E-state index contributed by atoms with van der Waals surface area (Å²) in [7, 11) is 0. The molecule has 1 aliphatic rings. The molecule has 0 radical (unpaired) electrons. The number of morpholine rings is 1. The van der Waals surface area contributed by atoms with Crippen LogP contribution in [0.25, 0.3) is 0 Å². The molecule has 1 fully saturated rings. The number of hydrogen-bond donors (Lipinski definition) is 0. The first-order valence-electron chi connectivity index (χ1n) is 4.38. The molecule has 0 saturated carbocycles. The number of allylic oxidation sites excluding steroid dienone is 1. The van der Waals surface area contributed by atoms with Crippen LogP contribution in [0.5, 0.6) is 0 Å². The van der Waals surface area contributed by atoms with Crippen molar-refractivity contribution in [3.63, 3.8) is 0 Å². The average molecular weight is 155 g/mol. The van der Waals surface area contributed by atoms with Crippen molar-refractivity contribution in [3.05, 3.63) is 12.2 Å². The normalized spacial score (nSPS) is 21.2. The van der Waals surface area contributed by atoms with E-state index in [1.54, 1.807) is 0 Å². The Morgan fingerprint density at radius 1 is 1.27 bits per heavy atom. The quantitative estimate of drug-likeness (QED) is 0.569. The molecule has 0 aliphatic carbocycles. The van der Waals surface area contributed by atoms with Crippen molar-refractivity contribution in [3.8, 4) is 0 Å². The average Bonchev–Trinajstić information content (AvgIpc) is 2.07. The van der Waals surface area contributed by atoms with Crippen LogP contribution < -0.4 is 0 Å². The van der Waals surface area contributed by atoms with Gasteiger partial charge in [-0.3, -0.25) is 4.90 Å². The maximum Gasteiger partial charge on any atom is 0.0594 e. The standard InChI is InChI=1S/C9H17NO/c1-2-3-4-5-10-6-8-11-9-7-10/h3-4H,2,5-9H2,1H3/b4-3+. The highest BCUT2D eigenvalue weighted by Gasteiger charge is 2.06. The zero-order chi connectivity index (χ0) is 7.94. The van der Waals surface area contributed by atoms with E-state index in [-0.39, 0.29) is 0 Å². The predicted molar refractivity (Wildman–Crippen MR) is 46.7 cm³/mol. The molecule has 0 unspecified atom stereocenters. The van der Waals surface area contributed by atoms with Gasteiger partial charge in [-0.05, 0) is 6.42 Å². The molecule has 0 atom stereocenters. The van der Waals surface area contributed by atoms with Crippen LogP contribution in [0, 0.1) is 0 Å². The molecule has 11 heavy (non-hydrogen) atoms. The maximum atomic E-state index is 5.24. The summed E-state index contributed by atoms with van der Waals surface area (Å²) in [4.78, 5) is 2.41. The van der Waals surface area contributed by atoms with Crippen molar-refractivity contribution < 1.29 is 4.74 Å². The van der Waals surface area contributed by atoms with Gasteiger partial charge in [0.1, 0.15) is 0 Å². The molecule has 1 rings (SSSR count). The van der Waals surface area contributed by atoms with E-state index < -0.39 is 0 Å². The number of ether oxygens (including phenoxy) is 1. The van der Waals surface area contributed by atoms with Gasteiger partial charge in [0, 0.05) is 19.6 Å². The highest BCUT2D eigenvalue weighted by Crippen LogP contribution is 1.96. The van der Waals surface area contributed by atoms with E-state index in [1.807, 2.05) is 0 Å². The van der Waals surface area contributed by atoms with Gasteiger partial charge in [0.05, 0.1) is 13.2 Å². The lowest BCUT2D eigenvalue weighted by Crippen LogP contribution is -2.36. The third kappa shape index (κ3) is 3.54. The number of rotatable bonds is 3. The van der Waals surface area contributed by atoms with Crippen LogP contribution >= 0.6 is 0 Å². The van der Waals surface area contributed by atoms with Crippen LogP contribution in [0.3, 0.4) is 0 Å². The van der Waals surface area contributed by atoms with Crippen LogP contribution in [-0.2, 0) is 4.74 Å². The minimum Gasteiger partial charge on any atom is -0.379 e. The SMILES string of the molecule is CC/C=C/CN1CCOCC1. The molecule has 1 aliphatic heterocycles. The Bertz CT molecular complexity index is 117. The van der Waals surface area contributed by atoms with Gasteiger partial charge in [-0.1, -0.05) is 19.1 Å². The maximum absolute atomic E-state index is 5.24. The molecule has 0 amide bonds. The van der Waals surface area contributed by atoms with Gasteiger partial charge in [-0.15, -0.1) is 0 Å². The highest BCUT2D eigenvalue weighted by atomic mass is 16.5. The lowest BCUT2D eigenvalue weighted by atomic mass is 10.3. The third-order valence-electron chi connectivity index (χ3n) is 1.87. The third-order valence-corrected chi connectivity index (χ3v) is 1.87. The molecular weight excluding hydrogens is 138 g/mol. The summed E-state index contributed by atoms with van der Waals surface area (Å²) in [5.74, 6) is 0. The van der Waals surface area contributed by atoms with Crippen LogP contribution in [0.2, 0.25) is 0 Å². The fourth-order valence-corrected chi connectivity index (χ4v) is 1.17. The Labute approximate surface area is 68.8 Å². The Hall–Kier alpha value is -0.340. The molecule has 0 N–H and O–H groups in total. The van der Waals surface area contributed by atoms with Gasteiger partial charge in [0.25, 0.3) is 0 Å². The minimum absolute atomic E-state index is 0.903. The second-order valence-corrected chi connectivity index (χ2v) is 2.79. The van der Waals surface area contributed by atoms with Gasteiger partial charge in [0.15, 0.2) is 0 Å². The van der Waals surface area contributed by atoms with Crippen LogP contribution in [0.1, 0.15) is 13.3 Å². The summed E-state index contributed by atoms with van der Waals surface area (Å²) in [6.07, 6.45) is 5.60. The van der Waals surface area contributed by atoms with E-state index in [1.165, 1.54) is 0 Å². The molecule has 0 spiro atoms. The van der Waals surface area contributed by atoms with E-state index in [4.69, 9.17) is 4.74 Å². The first-order valence-corrected chi connectivity index (χ1v) is 4.38. The lowest BCUT2D eigenvalue weighted by Gasteiger charge is -2.25. The molecule has 0 aromatic rings. The van der Waals surface area contributed by atoms with Crippen LogP contribution in [0.15, 0.2) is 12.2 Å². The lowest BCUT2D eigenvalue weighted by molar-refractivity contribution is 0.0434. The zero-order valence-corrected chi connectivity index (χ0v) is 7.25. The summed E-state index contributed by atoms with van der Waals surface area (Å²) in [6.45, 7) is 7.25. The van der Waals surface area contributed by atoms with Crippen molar-refractivity contribution in [1.29, 1.82) is 0 Å². The molecular formula is C9H17NO. The van der Waals surface area contributed by atoms with Crippen molar-refractivity contribution in [2.24, 2.45) is 0 Å². The Morgan fingerprint density at radius 2 is 2.00 bits per heavy atom. The van der Waals surface area contributed by atoms with Crippen molar-refractivity contribution in [2.45, 2.75) is 13.3 Å². The van der Waals surface area contributed by atoms with Gasteiger partial charge >= 0.3 is 0 Å². The molecule has 2 heteroatoms. The second kappa shape index (κ2) is 5.33. The molecule has 0 aromatic heterocycles.